The van der Waals surface area contributed by atoms with Crippen LogP contribution in [0.4, 0.5) is 0 Å². The van der Waals surface area contributed by atoms with Crippen LogP contribution in [0.3, 0.4) is 0 Å². The summed E-state index contributed by atoms with van der Waals surface area (Å²) in [5.74, 6) is -1.00. The number of carbonyl (C=O) groups is 2. The standard InChI is InChI=1S/C13H18N2O2/c1-9(8-12(14)16)13(17)15-10(2)11-6-4-3-5-7-11/h3-7,9-10H,8H2,1-2H3,(H2,14,16)(H,15,17). The Labute approximate surface area is 101 Å². The van der Waals surface area contributed by atoms with Crippen molar-refractivity contribution in [2.24, 2.45) is 11.7 Å². The van der Waals surface area contributed by atoms with Crippen LogP contribution in [-0.4, -0.2) is 11.8 Å². The van der Waals surface area contributed by atoms with Gasteiger partial charge in [-0.1, -0.05) is 37.3 Å². The number of carbonyl (C=O) groups excluding carboxylic acids is 2. The van der Waals surface area contributed by atoms with Gasteiger partial charge in [0.15, 0.2) is 0 Å². The second-order valence-electron chi connectivity index (χ2n) is 4.21. The van der Waals surface area contributed by atoms with E-state index in [-0.39, 0.29) is 18.4 Å². The van der Waals surface area contributed by atoms with Gasteiger partial charge in [-0.3, -0.25) is 9.59 Å². The predicted octanol–water partition coefficient (Wildman–Crippen LogP) is 1.38. The second-order valence-corrected chi connectivity index (χ2v) is 4.21. The molecule has 2 atom stereocenters. The summed E-state index contributed by atoms with van der Waals surface area (Å²) in [7, 11) is 0. The van der Waals surface area contributed by atoms with E-state index in [1.807, 2.05) is 37.3 Å². The van der Waals surface area contributed by atoms with Crippen LogP contribution in [-0.2, 0) is 9.59 Å². The maximum Gasteiger partial charge on any atom is 0.223 e. The quantitative estimate of drug-likeness (QED) is 0.807. The van der Waals surface area contributed by atoms with Gasteiger partial charge in [-0.2, -0.15) is 0 Å². The summed E-state index contributed by atoms with van der Waals surface area (Å²) in [4.78, 5) is 22.5. The highest BCUT2D eigenvalue weighted by molar-refractivity contribution is 5.84. The van der Waals surface area contributed by atoms with E-state index in [0.29, 0.717) is 0 Å². The molecule has 0 radical (unpaired) electrons. The fourth-order valence-electron chi connectivity index (χ4n) is 1.58. The molecular weight excluding hydrogens is 216 g/mol. The Morgan fingerprint density at radius 2 is 1.82 bits per heavy atom. The van der Waals surface area contributed by atoms with E-state index in [1.165, 1.54) is 0 Å². The van der Waals surface area contributed by atoms with Crippen LogP contribution in [0.1, 0.15) is 31.9 Å². The summed E-state index contributed by atoms with van der Waals surface area (Å²) in [5, 5.41) is 2.85. The molecule has 17 heavy (non-hydrogen) atoms. The van der Waals surface area contributed by atoms with Crippen LogP contribution in [0.15, 0.2) is 30.3 Å². The van der Waals surface area contributed by atoms with E-state index in [0.717, 1.165) is 5.56 Å². The van der Waals surface area contributed by atoms with E-state index >= 15 is 0 Å². The fraction of sp³-hybridized carbons (Fsp3) is 0.385. The molecule has 2 unspecified atom stereocenters. The molecule has 1 aromatic rings. The lowest BCUT2D eigenvalue weighted by atomic mass is 10.0. The number of primary amides is 1. The van der Waals surface area contributed by atoms with Crippen LogP contribution < -0.4 is 11.1 Å². The largest absolute Gasteiger partial charge is 0.370 e. The summed E-state index contributed by atoms with van der Waals surface area (Å²) in [5.41, 5.74) is 6.09. The highest BCUT2D eigenvalue weighted by Gasteiger charge is 2.17. The van der Waals surface area contributed by atoms with E-state index in [4.69, 9.17) is 5.73 Å². The van der Waals surface area contributed by atoms with Gasteiger partial charge in [-0.05, 0) is 12.5 Å². The van der Waals surface area contributed by atoms with Gasteiger partial charge in [0.1, 0.15) is 0 Å². The number of benzene rings is 1. The third kappa shape index (κ3) is 4.26. The molecule has 3 N–H and O–H groups in total. The number of nitrogens with one attached hydrogen (secondary N) is 1. The highest BCUT2D eigenvalue weighted by atomic mass is 16.2. The first-order chi connectivity index (χ1) is 8.00. The molecule has 0 aromatic heterocycles. The van der Waals surface area contributed by atoms with Gasteiger partial charge in [0, 0.05) is 12.3 Å². The van der Waals surface area contributed by atoms with Gasteiger partial charge < -0.3 is 11.1 Å². The van der Waals surface area contributed by atoms with Crippen molar-refractivity contribution in [3.05, 3.63) is 35.9 Å². The predicted molar refractivity (Wildman–Crippen MR) is 66.0 cm³/mol. The highest BCUT2D eigenvalue weighted by Crippen LogP contribution is 2.12. The Morgan fingerprint density at radius 1 is 1.24 bits per heavy atom. The van der Waals surface area contributed by atoms with Crippen molar-refractivity contribution >= 4 is 11.8 Å². The van der Waals surface area contributed by atoms with Crippen LogP contribution in [0, 0.1) is 5.92 Å². The number of nitrogens with two attached hydrogens (primary N) is 1. The molecule has 0 saturated heterocycles. The first-order valence-corrected chi connectivity index (χ1v) is 5.64. The Kier molecular flexibility index (Phi) is 4.69. The first kappa shape index (κ1) is 13.2. The van der Waals surface area contributed by atoms with Crippen molar-refractivity contribution in [3.8, 4) is 0 Å². The maximum absolute atomic E-state index is 11.7. The van der Waals surface area contributed by atoms with Crippen LogP contribution >= 0.6 is 0 Å². The lowest BCUT2D eigenvalue weighted by Crippen LogP contribution is -2.33. The van der Waals surface area contributed by atoms with Gasteiger partial charge in [0.25, 0.3) is 0 Å². The first-order valence-electron chi connectivity index (χ1n) is 5.64. The molecule has 4 heteroatoms. The zero-order valence-corrected chi connectivity index (χ0v) is 10.1. The van der Waals surface area contributed by atoms with E-state index < -0.39 is 11.8 Å². The van der Waals surface area contributed by atoms with Gasteiger partial charge in [0.05, 0.1) is 6.04 Å². The van der Waals surface area contributed by atoms with Crippen molar-refractivity contribution in [3.63, 3.8) is 0 Å². The average Bonchev–Trinajstić information content (AvgIpc) is 2.29. The van der Waals surface area contributed by atoms with Crippen LogP contribution in [0.25, 0.3) is 0 Å². The molecule has 2 amide bonds. The molecule has 0 aliphatic rings. The minimum atomic E-state index is -0.458. The molecule has 0 heterocycles. The third-order valence-corrected chi connectivity index (χ3v) is 2.61. The fourth-order valence-corrected chi connectivity index (χ4v) is 1.58. The van der Waals surface area contributed by atoms with E-state index in [9.17, 15) is 9.59 Å². The second kappa shape index (κ2) is 6.03. The summed E-state index contributed by atoms with van der Waals surface area (Å²) < 4.78 is 0. The summed E-state index contributed by atoms with van der Waals surface area (Å²) in [6.45, 7) is 3.60. The van der Waals surface area contributed by atoms with Gasteiger partial charge in [0.2, 0.25) is 11.8 Å². The number of amides is 2. The summed E-state index contributed by atoms with van der Waals surface area (Å²) >= 11 is 0. The Hall–Kier alpha value is -1.84. The molecule has 0 fully saturated rings. The molecule has 0 bridgehead atoms. The number of hydrogen-bond acceptors (Lipinski definition) is 2. The van der Waals surface area contributed by atoms with Crippen molar-refractivity contribution < 1.29 is 9.59 Å². The lowest BCUT2D eigenvalue weighted by molar-refractivity contribution is -0.129. The lowest BCUT2D eigenvalue weighted by Gasteiger charge is -2.17. The monoisotopic (exact) mass is 234 g/mol. The van der Waals surface area contributed by atoms with Crippen molar-refractivity contribution in [1.82, 2.24) is 5.32 Å². The van der Waals surface area contributed by atoms with Crippen molar-refractivity contribution in [2.45, 2.75) is 26.3 Å². The Morgan fingerprint density at radius 3 is 2.35 bits per heavy atom. The molecule has 4 nitrogen and oxygen atoms in total. The van der Waals surface area contributed by atoms with Gasteiger partial charge in [-0.25, -0.2) is 0 Å². The van der Waals surface area contributed by atoms with Gasteiger partial charge >= 0.3 is 0 Å². The van der Waals surface area contributed by atoms with E-state index in [1.54, 1.807) is 6.92 Å². The zero-order chi connectivity index (χ0) is 12.8. The number of hydrogen-bond donors (Lipinski definition) is 2. The normalized spacial score (nSPS) is 13.8. The number of rotatable bonds is 5. The molecule has 1 rings (SSSR count). The van der Waals surface area contributed by atoms with Crippen molar-refractivity contribution in [1.29, 1.82) is 0 Å². The van der Waals surface area contributed by atoms with Crippen LogP contribution in [0.5, 0.6) is 0 Å². The molecule has 0 saturated carbocycles. The maximum atomic E-state index is 11.7. The SMILES string of the molecule is CC(CC(N)=O)C(=O)NC(C)c1ccccc1. The topological polar surface area (TPSA) is 72.2 Å². The van der Waals surface area contributed by atoms with Crippen LogP contribution in [0.2, 0.25) is 0 Å². The molecule has 0 spiro atoms. The van der Waals surface area contributed by atoms with E-state index in [2.05, 4.69) is 5.32 Å². The molecule has 1 aromatic carbocycles. The third-order valence-electron chi connectivity index (χ3n) is 2.61. The minimum absolute atomic E-state index is 0.0703. The van der Waals surface area contributed by atoms with Gasteiger partial charge in [-0.15, -0.1) is 0 Å². The molecular formula is C13H18N2O2. The Bertz CT molecular complexity index is 390. The average molecular weight is 234 g/mol. The summed E-state index contributed by atoms with van der Waals surface area (Å²) in [6.07, 6.45) is 0.0767. The molecule has 92 valence electrons. The Balaban J connectivity index is 2.54. The molecule has 0 aliphatic heterocycles. The summed E-state index contributed by atoms with van der Waals surface area (Å²) in [6, 6.07) is 9.59. The van der Waals surface area contributed by atoms with Crippen molar-refractivity contribution in [2.75, 3.05) is 0 Å². The smallest absolute Gasteiger partial charge is 0.223 e. The zero-order valence-electron chi connectivity index (χ0n) is 10.1. The molecule has 0 aliphatic carbocycles. The minimum Gasteiger partial charge on any atom is -0.370 e.